The van der Waals surface area contributed by atoms with Crippen LogP contribution in [0, 0.1) is 0 Å². The first kappa shape index (κ1) is 17.2. The van der Waals surface area contributed by atoms with E-state index in [-0.39, 0.29) is 11.9 Å². The Kier molecular flexibility index (Phi) is 6.64. The van der Waals surface area contributed by atoms with Gasteiger partial charge in [-0.3, -0.25) is 9.69 Å². The van der Waals surface area contributed by atoms with E-state index in [4.69, 9.17) is 4.74 Å². The molecular weight excluding hydrogens is 284 g/mol. The average Bonchev–Trinajstić information content (AvgIpc) is 3.05. The summed E-state index contributed by atoms with van der Waals surface area (Å²) in [6.07, 6.45) is 6.87. The first-order chi connectivity index (χ1) is 10.6. The maximum atomic E-state index is 12.5. The summed E-state index contributed by atoms with van der Waals surface area (Å²) in [5.41, 5.74) is 0. The van der Waals surface area contributed by atoms with Gasteiger partial charge >= 0.3 is 5.97 Å². The molecule has 0 radical (unpaired) electrons. The Balaban J connectivity index is 1.96. The Morgan fingerprint density at radius 2 is 2.09 bits per heavy atom. The zero-order valence-electron chi connectivity index (χ0n) is 13.4. The van der Waals surface area contributed by atoms with Gasteiger partial charge in [-0.25, -0.2) is 4.79 Å². The molecule has 1 amide bonds. The summed E-state index contributed by atoms with van der Waals surface area (Å²) in [5, 5.41) is 12.0. The molecule has 6 nitrogen and oxygen atoms in total. The smallest absolute Gasteiger partial charge is 0.326 e. The number of aliphatic carboxylic acids is 1. The summed E-state index contributed by atoms with van der Waals surface area (Å²) in [4.78, 5) is 26.1. The van der Waals surface area contributed by atoms with Crippen molar-refractivity contribution in [3.8, 4) is 0 Å². The van der Waals surface area contributed by atoms with Crippen LogP contribution in [-0.4, -0.2) is 59.8 Å². The molecule has 0 aromatic rings. The number of nitrogens with zero attached hydrogens (tertiary/aromatic N) is 1. The Morgan fingerprint density at radius 3 is 2.73 bits per heavy atom. The number of hydrogen-bond donors (Lipinski definition) is 2. The van der Waals surface area contributed by atoms with Gasteiger partial charge < -0.3 is 15.2 Å². The molecule has 1 aliphatic heterocycles. The second-order valence-corrected chi connectivity index (χ2v) is 6.31. The highest BCUT2D eigenvalue weighted by atomic mass is 16.5. The molecule has 1 unspecified atom stereocenters. The van der Waals surface area contributed by atoms with Gasteiger partial charge in [0.25, 0.3) is 0 Å². The fourth-order valence-electron chi connectivity index (χ4n) is 3.45. The minimum atomic E-state index is -0.953. The quantitative estimate of drug-likeness (QED) is 0.743. The Labute approximate surface area is 132 Å². The lowest BCUT2D eigenvalue weighted by Gasteiger charge is -2.39. The van der Waals surface area contributed by atoms with E-state index >= 15 is 0 Å². The Bertz CT molecular complexity index is 382. The number of hydrogen-bond acceptors (Lipinski definition) is 4. The summed E-state index contributed by atoms with van der Waals surface area (Å²) in [7, 11) is 0. The number of unbranched alkanes of at least 4 members (excludes halogenated alkanes) is 1. The van der Waals surface area contributed by atoms with Gasteiger partial charge in [0.05, 0.1) is 13.2 Å². The van der Waals surface area contributed by atoms with Gasteiger partial charge in [0.15, 0.2) is 0 Å². The van der Waals surface area contributed by atoms with Gasteiger partial charge in [-0.1, -0.05) is 32.6 Å². The lowest BCUT2D eigenvalue weighted by atomic mass is 10.1. The largest absolute Gasteiger partial charge is 0.480 e. The minimum absolute atomic E-state index is 0.199. The van der Waals surface area contributed by atoms with E-state index in [0.717, 1.165) is 32.2 Å². The van der Waals surface area contributed by atoms with E-state index in [0.29, 0.717) is 25.7 Å². The van der Waals surface area contributed by atoms with Gasteiger partial charge in [0.1, 0.15) is 12.1 Å². The Morgan fingerprint density at radius 1 is 1.36 bits per heavy atom. The van der Waals surface area contributed by atoms with Gasteiger partial charge in [0.2, 0.25) is 5.91 Å². The van der Waals surface area contributed by atoms with Crippen molar-refractivity contribution >= 4 is 11.9 Å². The van der Waals surface area contributed by atoms with Gasteiger partial charge in [0, 0.05) is 12.6 Å². The monoisotopic (exact) mass is 312 g/mol. The second kappa shape index (κ2) is 8.48. The fourth-order valence-corrected chi connectivity index (χ4v) is 3.45. The van der Waals surface area contributed by atoms with Crippen LogP contribution in [0.25, 0.3) is 0 Å². The SMILES string of the molecule is CCCC[C@H](NC(=O)C1COCCN1C1CCCC1)C(=O)O. The van der Waals surface area contributed by atoms with E-state index < -0.39 is 12.0 Å². The standard InChI is InChI=1S/C16H28N2O4/c1-2-3-8-13(16(20)21)17-15(19)14-11-22-10-9-18(14)12-6-4-5-7-12/h12-14H,2-11H2,1H3,(H,17,19)(H,20,21)/t13-,14?/m0/s1. The maximum absolute atomic E-state index is 12.5. The molecule has 2 aliphatic rings. The first-order valence-electron chi connectivity index (χ1n) is 8.50. The predicted molar refractivity (Wildman–Crippen MR) is 82.7 cm³/mol. The van der Waals surface area contributed by atoms with Crippen LogP contribution in [0.4, 0.5) is 0 Å². The van der Waals surface area contributed by atoms with Crippen LogP contribution in [-0.2, 0) is 14.3 Å². The zero-order valence-corrected chi connectivity index (χ0v) is 13.4. The number of ether oxygens (including phenoxy) is 1. The molecule has 0 aromatic carbocycles. The van der Waals surface area contributed by atoms with Crippen molar-refractivity contribution < 1.29 is 19.4 Å². The van der Waals surface area contributed by atoms with Crippen molar-refractivity contribution in [1.29, 1.82) is 0 Å². The zero-order chi connectivity index (χ0) is 15.9. The van der Waals surface area contributed by atoms with E-state index in [1.165, 1.54) is 12.8 Å². The molecule has 2 fully saturated rings. The highest BCUT2D eigenvalue weighted by Crippen LogP contribution is 2.26. The number of carboxylic acid groups (broad SMARTS) is 1. The van der Waals surface area contributed by atoms with Crippen LogP contribution >= 0.6 is 0 Å². The van der Waals surface area contributed by atoms with Crippen LogP contribution < -0.4 is 5.32 Å². The highest BCUT2D eigenvalue weighted by Gasteiger charge is 2.36. The second-order valence-electron chi connectivity index (χ2n) is 6.31. The third-order valence-corrected chi connectivity index (χ3v) is 4.73. The molecule has 2 rings (SSSR count). The first-order valence-corrected chi connectivity index (χ1v) is 8.50. The lowest BCUT2D eigenvalue weighted by molar-refractivity contribution is -0.145. The van der Waals surface area contributed by atoms with Crippen LogP contribution in [0.5, 0.6) is 0 Å². The molecule has 1 aliphatic carbocycles. The summed E-state index contributed by atoms with van der Waals surface area (Å²) in [6, 6.07) is -0.696. The molecule has 1 saturated carbocycles. The number of amides is 1. The third-order valence-electron chi connectivity index (χ3n) is 4.73. The molecule has 2 N–H and O–H groups in total. The molecule has 126 valence electrons. The number of carboxylic acids is 1. The maximum Gasteiger partial charge on any atom is 0.326 e. The normalized spacial score (nSPS) is 25.0. The van der Waals surface area contributed by atoms with E-state index in [1.54, 1.807) is 0 Å². The van der Waals surface area contributed by atoms with E-state index in [1.807, 2.05) is 6.92 Å². The van der Waals surface area contributed by atoms with Gasteiger partial charge in [-0.2, -0.15) is 0 Å². The molecule has 0 aromatic heterocycles. The molecule has 22 heavy (non-hydrogen) atoms. The average molecular weight is 312 g/mol. The predicted octanol–water partition coefficient (Wildman–Crippen LogP) is 1.39. The van der Waals surface area contributed by atoms with Crippen molar-refractivity contribution in [3.63, 3.8) is 0 Å². The number of carbonyl (C=O) groups excluding carboxylic acids is 1. The van der Waals surface area contributed by atoms with Crippen LogP contribution in [0.2, 0.25) is 0 Å². The number of nitrogens with one attached hydrogen (secondary N) is 1. The summed E-state index contributed by atoms with van der Waals surface area (Å²) in [5.74, 6) is -1.15. The molecule has 1 saturated heterocycles. The van der Waals surface area contributed by atoms with Crippen molar-refractivity contribution in [1.82, 2.24) is 10.2 Å². The lowest BCUT2D eigenvalue weighted by Crippen LogP contribution is -2.58. The van der Waals surface area contributed by atoms with Gasteiger partial charge in [-0.15, -0.1) is 0 Å². The topological polar surface area (TPSA) is 78.9 Å². The van der Waals surface area contributed by atoms with Crippen molar-refractivity contribution in [2.24, 2.45) is 0 Å². The van der Waals surface area contributed by atoms with E-state index in [9.17, 15) is 14.7 Å². The Hall–Kier alpha value is -1.14. The van der Waals surface area contributed by atoms with Crippen LogP contribution in [0.15, 0.2) is 0 Å². The van der Waals surface area contributed by atoms with Crippen LogP contribution in [0.1, 0.15) is 51.9 Å². The van der Waals surface area contributed by atoms with Crippen LogP contribution in [0.3, 0.4) is 0 Å². The number of rotatable bonds is 7. The third kappa shape index (κ3) is 4.43. The molecule has 2 atom stereocenters. The van der Waals surface area contributed by atoms with Crippen molar-refractivity contribution in [2.45, 2.75) is 70.0 Å². The van der Waals surface area contributed by atoms with E-state index in [2.05, 4.69) is 10.2 Å². The summed E-state index contributed by atoms with van der Waals surface area (Å²) in [6.45, 7) is 3.79. The van der Waals surface area contributed by atoms with Crippen molar-refractivity contribution in [2.75, 3.05) is 19.8 Å². The number of carbonyl (C=O) groups is 2. The summed E-state index contributed by atoms with van der Waals surface area (Å²) < 4.78 is 5.47. The molecule has 0 bridgehead atoms. The highest BCUT2D eigenvalue weighted by molar-refractivity contribution is 5.87. The fraction of sp³-hybridized carbons (Fsp3) is 0.875. The molecule has 6 heteroatoms. The molecule has 0 spiro atoms. The van der Waals surface area contributed by atoms with Gasteiger partial charge in [-0.05, 0) is 19.3 Å². The van der Waals surface area contributed by atoms with Crippen molar-refractivity contribution in [3.05, 3.63) is 0 Å². The summed E-state index contributed by atoms with van der Waals surface area (Å²) >= 11 is 0. The molecular formula is C16H28N2O4. The number of morpholine rings is 1. The molecule has 1 heterocycles. The minimum Gasteiger partial charge on any atom is -0.480 e.